The zero-order chi connectivity index (χ0) is 38.1. The van der Waals surface area contributed by atoms with Crippen molar-refractivity contribution in [2.24, 2.45) is 11.8 Å². The minimum absolute atomic E-state index is 0.0571. The predicted octanol–water partition coefficient (Wildman–Crippen LogP) is 11.0. The molecule has 0 amide bonds. The highest BCUT2D eigenvalue weighted by atomic mass is 28.4. The number of ether oxygens (including phenoxy) is 5. The second-order valence-corrected chi connectivity index (χ2v) is 27.2. The van der Waals surface area contributed by atoms with Gasteiger partial charge in [0.05, 0.1) is 18.6 Å². The normalized spacial score (nSPS) is 23.9. The molecule has 0 N–H and O–H groups in total. The van der Waals surface area contributed by atoms with Crippen LogP contribution in [0.4, 0.5) is 0 Å². The van der Waals surface area contributed by atoms with E-state index in [4.69, 9.17) is 32.5 Å². The average Bonchev–Trinajstić information content (AvgIpc) is 3.01. The van der Waals surface area contributed by atoms with Crippen LogP contribution in [0.15, 0.2) is 29.8 Å². The molecule has 0 unspecified atom stereocenters. The van der Waals surface area contributed by atoms with Gasteiger partial charge in [-0.2, -0.15) is 0 Å². The van der Waals surface area contributed by atoms with Crippen LogP contribution in [0.25, 0.3) is 0 Å². The summed E-state index contributed by atoms with van der Waals surface area (Å²) in [4.78, 5) is 13.8. The fraction of sp³-hybridized carbons (Fsp3) is 0.775. The first-order valence-electron chi connectivity index (χ1n) is 18.9. The van der Waals surface area contributed by atoms with Gasteiger partial charge in [0, 0.05) is 37.7 Å². The lowest BCUT2D eigenvalue weighted by molar-refractivity contribution is -0.165. The van der Waals surface area contributed by atoms with E-state index in [0.717, 1.165) is 22.6 Å². The second kappa shape index (κ2) is 19.4. The molecule has 1 aliphatic heterocycles. The highest BCUT2D eigenvalue weighted by molar-refractivity contribution is 6.78. The molecule has 0 radical (unpaired) electrons. The standard InChI is InChI=1S/C40H72O8Si2/c1-25(2)49(26(3)4,27(5)6)47-35-19-34(20-36(21-35)48-50(28(7)8,29(9)10)30(11)12)40-32(14)18-31(13)39(45-24-43-17)33(15)37(44-23-42-16)22-38(41)46-40/h18-21,25-30,32-33,37,39-40H,22-24H2,1-17H3/b31-18+/t32-,33+,37+,39-,40+/m1/s1. The quantitative estimate of drug-likeness (QED) is 0.0677. The maximum Gasteiger partial charge on any atom is 0.309 e. The smallest absolute Gasteiger partial charge is 0.309 e. The number of cyclic esters (lactones) is 1. The molecular formula is C40H72O8Si2. The molecule has 0 bridgehead atoms. The number of benzene rings is 1. The second-order valence-electron chi connectivity index (χ2n) is 16.4. The Morgan fingerprint density at radius 1 is 0.700 bits per heavy atom. The Morgan fingerprint density at radius 2 is 1.12 bits per heavy atom. The molecule has 0 aromatic heterocycles. The first kappa shape index (κ1) is 44.5. The van der Waals surface area contributed by atoms with Crippen LogP contribution in [-0.2, 0) is 28.5 Å². The van der Waals surface area contributed by atoms with E-state index in [1.54, 1.807) is 14.2 Å². The van der Waals surface area contributed by atoms with Crippen molar-refractivity contribution in [3.8, 4) is 11.5 Å². The summed E-state index contributed by atoms with van der Waals surface area (Å²) < 4.78 is 43.9. The predicted molar refractivity (Wildman–Crippen MR) is 209 cm³/mol. The molecule has 5 atom stereocenters. The van der Waals surface area contributed by atoms with Crippen molar-refractivity contribution in [1.82, 2.24) is 0 Å². The van der Waals surface area contributed by atoms with Crippen molar-refractivity contribution in [2.75, 3.05) is 27.8 Å². The summed E-state index contributed by atoms with van der Waals surface area (Å²) in [5.41, 5.74) is 4.20. The zero-order valence-corrected chi connectivity index (χ0v) is 36.5. The SMILES string of the molecule is COCO[C@H]1CC(=O)O[C@H](c2cc(O[Si](C(C)C)(C(C)C)C(C)C)cc(O[Si](C(C)C)(C(C)C)C(C)C)c2)[C@H](C)/C=C(\C)[C@@H](OCOC)[C@H]1C. The molecular weight excluding hydrogens is 665 g/mol. The van der Waals surface area contributed by atoms with Gasteiger partial charge in [-0.3, -0.25) is 4.79 Å². The summed E-state index contributed by atoms with van der Waals surface area (Å²) in [7, 11) is -1.49. The monoisotopic (exact) mass is 736 g/mol. The van der Waals surface area contributed by atoms with E-state index in [1.807, 2.05) is 6.92 Å². The van der Waals surface area contributed by atoms with Crippen molar-refractivity contribution < 1.29 is 37.3 Å². The van der Waals surface area contributed by atoms with Gasteiger partial charge in [-0.25, -0.2) is 0 Å². The van der Waals surface area contributed by atoms with Gasteiger partial charge in [0.15, 0.2) is 0 Å². The molecule has 0 aliphatic carbocycles. The van der Waals surface area contributed by atoms with Gasteiger partial charge < -0.3 is 32.5 Å². The van der Waals surface area contributed by atoms with Crippen LogP contribution in [-0.4, -0.2) is 62.6 Å². The molecule has 1 heterocycles. The van der Waals surface area contributed by atoms with E-state index in [0.29, 0.717) is 33.2 Å². The van der Waals surface area contributed by atoms with Crippen LogP contribution in [0.1, 0.15) is 122 Å². The van der Waals surface area contributed by atoms with E-state index >= 15 is 0 Å². The van der Waals surface area contributed by atoms with Gasteiger partial charge in [-0.1, -0.05) is 103 Å². The summed E-state index contributed by atoms with van der Waals surface area (Å²) in [6.45, 7) is 33.9. The lowest BCUT2D eigenvalue weighted by Gasteiger charge is -2.44. The number of carbonyl (C=O) groups excluding carboxylic acids is 1. The number of hydrogen-bond acceptors (Lipinski definition) is 8. The van der Waals surface area contributed by atoms with E-state index in [2.05, 4.69) is 121 Å². The Hall–Kier alpha value is -1.70. The largest absolute Gasteiger partial charge is 0.543 e. The molecule has 10 heteroatoms. The first-order valence-corrected chi connectivity index (χ1v) is 23.2. The van der Waals surface area contributed by atoms with Crippen LogP contribution in [0.5, 0.6) is 11.5 Å². The molecule has 0 saturated heterocycles. The van der Waals surface area contributed by atoms with Gasteiger partial charge in [0.2, 0.25) is 0 Å². The summed E-state index contributed by atoms with van der Waals surface area (Å²) in [5, 5.41) is 0. The van der Waals surface area contributed by atoms with Crippen molar-refractivity contribution in [3.63, 3.8) is 0 Å². The van der Waals surface area contributed by atoms with Gasteiger partial charge in [0.1, 0.15) is 31.2 Å². The van der Waals surface area contributed by atoms with E-state index in [-0.39, 0.29) is 43.9 Å². The molecule has 8 nitrogen and oxygen atoms in total. The molecule has 0 saturated carbocycles. The van der Waals surface area contributed by atoms with Crippen molar-refractivity contribution in [1.29, 1.82) is 0 Å². The minimum atomic E-state index is -2.33. The molecule has 0 spiro atoms. The maximum atomic E-state index is 13.8. The third kappa shape index (κ3) is 10.2. The molecule has 1 aliphatic rings. The third-order valence-electron chi connectivity index (χ3n) is 11.1. The number of rotatable bonds is 17. The highest BCUT2D eigenvalue weighted by Crippen LogP contribution is 2.47. The average molecular weight is 737 g/mol. The Morgan fingerprint density at radius 3 is 1.52 bits per heavy atom. The molecule has 1 aromatic carbocycles. The van der Waals surface area contributed by atoms with Gasteiger partial charge in [0.25, 0.3) is 16.6 Å². The molecule has 288 valence electrons. The number of carbonyl (C=O) groups is 1. The molecule has 0 fully saturated rings. The summed E-state index contributed by atoms with van der Waals surface area (Å²) in [5.74, 6) is 0.900. The van der Waals surface area contributed by atoms with E-state index in [1.165, 1.54) is 0 Å². The molecule has 1 aromatic rings. The fourth-order valence-electron chi connectivity index (χ4n) is 9.01. The van der Waals surface area contributed by atoms with Crippen LogP contribution in [0.2, 0.25) is 33.2 Å². The van der Waals surface area contributed by atoms with Gasteiger partial charge in [-0.05, 0) is 57.9 Å². The van der Waals surface area contributed by atoms with Crippen LogP contribution in [0.3, 0.4) is 0 Å². The first-order chi connectivity index (χ1) is 23.3. The Kier molecular flexibility index (Phi) is 17.3. The van der Waals surface area contributed by atoms with Crippen molar-refractivity contribution in [3.05, 3.63) is 35.4 Å². The lowest BCUT2D eigenvalue weighted by Crippen LogP contribution is -2.51. The summed E-state index contributed by atoms with van der Waals surface area (Å²) in [6, 6.07) is 6.29. The van der Waals surface area contributed by atoms with Crippen molar-refractivity contribution >= 4 is 22.6 Å². The number of methoxy groups -OCH3 is 2. The minimum Gasteiger partial charge on any atom is -0.543 e. The topological polar surface area (TPSA) is 81.7 Å². The molecule has 50 heavy (non-hydrogen) atoms. The Bertz CT molecular complexity index is 1130. The van der Waals surface area contributed by atoms with Crippen LogP contribution >= 0.6 is 0 Å². The lowest BCUT2D eigenvalue weighted by atomic mass is 9.87. The summed E-state index contributed by atoms with van der Waals surface area (Å²) in [6.07, 6.45) is 0.807. The Balaban J connectivity index is 2.89. The maximum absolute atomic E-state index is 13.8. The van der Waals surface area contributed by atoms with Crippen LogP contribution in [0, 0.1) is 11.8 Å². The van der Waals surface area contributed by atoms with E-state index in [9.17, 15) is 4.79 Å². The third-order valence-corrected chi connectivity index (χ3v) is 23.1. The number of hydrogen-bond donors (Lipinski definition) is 0. The van der Waals surface area contributed by atoms with Crippen LogP contribution < -0.4 is 8.85 Å². The van der Waals surface area contributed by atoms with Gasteiger partial charge >= 0.3 is 5.97 Å². The van der Waals surface area contributed by atoms with E-state index < -0.39 is 28.8 Å². The van der Waals surface area contributed by atoms with Gasteiger partial charge in [-0.15, -0.1) is 0 Å². The van der Waals surface area contributed by atoms with Crippen molar-refractivity contribution in [2.45, 2.75) is 162 Å². The number of esters is 1. The molecule has 2 rings (SSSR count). The highest BCUT2D eigenvalue weighted by Gasteiger charge is 2.49. The summed E-state index contributed by atoms with van der Waals surface area (Å²) >= 11 is 0. The zero-order valence-electron chi connectivity index (χ0n) is 34.5. The Labute approximate surface area is 307 Å². The fourth-order valence-corrected chi connectivity index (χ4v) is 19.5.